The number of aliphatic hydroxyl groups is 1. The van der Waals surface area contributed by atoms with Gasteiger partial charge < -0.3 is 15.3 Å². The normalized spacial score (nSPS) is 16.0. The number of piperazine rings is 1. The number of aliphatic hydroxyl groups excluding tert-OH is 1. The Morgan fingerprint density at radius 2 is 1.81 bits per heavy atom. The Morgan fingerprint density at radius 3 is 2.38 bits per heavy atom. The lowest BCUT2D eigenvalue weighted by Crippen LogP contribution is -2.50. The van der Waals surface area contributed by atoms with Crippen molar-refractivity contribution in [1.82, 2.24) is 9.80 Å². The molecule has 1 aromatic rings. The lowest BCUT2D eigenvalue weighted by atomic mass is 10.1. The van der Waals surface area contributed by atoms with Gasteiger partial charge in [-0.05, 0) is 25.0 Å². The molecule has 0 saturated carbocycles. The van der Waals surface area contributed by atoms with E-state index < -0.39 is 0 Å². The van der Waals surface area contributed by atoms with E-state index >= 15 is 0 Å². The van der Waals surface area contributed by atoms with Crippen LogP contribution in [0.15, 0.2) is 18.2 Å². The first kappa shape index (κ1) is 15.8. The van der Waals surface area contributed by atoms with Crippen molar-refractivity contribution >= 4 is 11.6 Å². The van der Waals surface area contributed by atoms with Crippen LogP contribution in [0.1, 0.15) is 11.1 Å². The van der Waals surface area contributed by atoms with Crippen molar-refractivity contribution in [3.63, 3.8) is 0 Å². The fraction of sp³-hybridized carbons (Fsp3) is 0.562. The van der Waals surface area contributed by atoms with Crippen LogP contribution in [0.5, 0.6) is 0 Å². The number of benzene rings is 1. The largest absolute Gasteiger partial charge is 0.395 e. The van der Waals surface area contributed by atoms with Crippen LogP contribution < -0.4 is 5.32 Å². The van der Waals surface area contributed by atoms with E-state index in [-0.39, 0.29) is 12.5 Å². The fourth-order valence-corrected chi connectivity index (χ4v) is 2.73. The number of carbonyl (C=O) groups excluding carboxylic acids is 1. The summed E-state index contributed by atoms with van der Waals surface area (Å²) in [5.74, 6) is 0.140. The summed E-state index contributed by atoms with van der Waals surface area (Å²) in [5.41, 5.74) is 3.39. The van der Waals surface area contributed by atoms with E-state index in [0.29, 0.717) is 13.1 Å². The van der Waals surface area contributed by atoms with Crippen LogP contribution >= 0.6 is 0 Å². The van der Waals surface area contributed by atoms with E-state index in [2.05, 4.69) is 10.2 Å². The van der Waals surface area contributed by atoms with Crippen molar-refractivity contribution in [2.45, 2.75) is 13.8 Å². The Kier molecular flexibility index (Phi) is 5.59. The first-order valence-electron chi connectivity index (χ1n) is 7.53. The minimum absolute atomic E-state index is 0.140. The highest BCUT2D eigenvalue weighted by molar-refractivity contribution is 5.81. The third-order valence-electron chi connectivity index (χ3n) is 4.04. The zero-order chi connectivity index (χ0) is 15.2. The predicted molar refractivity (Wildman–Crippen MR) is 84.5 cm³/mol. The number of anilines is 1. The van der Waals surface area contributed by atoms with Gasteiger partial charge in [0.05, 0.1) is 13.2 Å². The number of hydrogen-bond donors (Lipinski definition) is 2. The Morgan fingerprint density at radius 1 is 1.19 bits per heavy atom. The molecule has 1 aromatic carbocycles. The molecule has 0 spiro atoms. The molecule has 1 amide bonds. The van der Waals surface area contributed by atoms with E-state index in [0.717, 1.165) is 43.0 Å². The van der Waals surface area contributed by atoms with E-state index in [1.54, 1.807) is 0 Å². The third kappa shape index (κ3) is 4.19. The molecule has 0 radical (unpaired) electrons. The van der Waals surface area contributed by atoms with Crippen molar-refractivity contribution in [2.75, 3.05) is 51.2 Å². The summed E-state index contributed by atoms with van der Waals surface area (Å²) in [7, 11) is 0. The average molecular weight is 291 g/mol. The van der Waals surface area contributed by atoms with Gasteiger partial charge in [0.25, 0.3) is 0 Å². The quantitative estimate of drug-likeness (QED) is 0.844. The molecular weight excluding hydrogens is 266 g/mol. The molecule has 0 bridgehead atoms. The van der Waals surface area contributed by atoms with Gasteiger partial charge in [0, 0.05) is 38.4 Å². The number of carbonyl (C=O) groups is 1. The van der Waals surface area contributed by atoms with Gasteiger partial charge in [-0.3, -0.25) is 9.69 Å². The Hall–Kier alpha value is -1.59. The molecule has 5 heteroatoms. The highest BCUT2D eigenvalue weighted by Gasteiger charge is 2.20. The zero-order valence-electron chi connectivity index (χ0n) is 12.9. The monoisotopic (exact) mass is 291 g/mol. The minimum atomic E-state index is 0.140. The summed E-state index contributed by atoms with van der Waals surface area (Å²) >= 11 is 0. The SMILES string of the molecule is Cc1cccc(C)c1NCC(=O)N1CCN(CCO)CC1. The number of nitrogens with one attached hydrogen (secondary N) is 1. The van der Waals surface area contributed by atoms with Gasteiger partial charge in [0.1, 0.15) is 0 Å². The van der Waals surface area contributed by atoms with Gasteiger partial charge in [0.15, 0.2) is 0 Å². The first-order chi connectivity index (χ1) is 10.1. The van der Waals surface area contributed by atoms with Crippen molar-refractivity contribution in [3.05, 3.63) is 29.3 Å². The van der Waals surface area contributed by atoms with E-state index in [1.807, 2.05) is 36.9 Å². The molecule has 0 aliphatic carbocycles. The second kappa shape index (κ2) is 7.43. The number of β-amino-alcohol motifs (C(OH)–C–C–N with tert-alkyl or cyclic N) is 1. The summed E-state index contributed by atoms with van der Waals surface area (Å²) in [6.07, 6.45) is 0. The lowest BCUT2D eigenvalue weighted by Gasteiger charge is -2.34. The first-order valence-corrected chi connectivity index (χ1v) is 7.53. The molecule has 1 saturated heterocycles. The van der Waals surface area contributed by atoms with Crippen LogP contribution in [0.25, 0.3) is 0 Å². The van der Waals surface area contributed by atoms with Crippen LogP contribution in [0.4, 0.5) is 5.69 Å². The number of para-hydroxylation sites is 1. The summed E-state index contributed by atoms with van der Waals surface area (Å²) < 4.78 is 0. The molecule has 1 aliphatic heterocycles. The van der Waals surface area contributed by atoms with Gasteiger partial charge >= 0.3 is 0 Å². The third-order valence-corrected chi connectivity index (χ3v) is 4.04. The molecular formula is C16H25N3O2. The number of nitrogens with zero attached hydrogens (tertiary/aromatic N) is 2. The second-order valence-corrected chi connectivity index (χ2v) is 5.57. The fourth-order valence-electron chi connectivity index (χ4n) is 2.73. The summed E-state index contributed by atoms with van der Waals surface area (Å²) in [5, 5.41) is 12.2. The van der Waals surface area contributed by atoms with Crippen molar-refractivity contribution in [1.29, 1.82) is 0 Å². The Labute approximate surface area is 126 Å². The Bertz CT molecular complexity index is 462. The van der Waals surface area contributed by atoms with Crippen molar-refractivity contribution in [2.24, 2.45) is 0 Å². The second-order valence-electron chi connectivity index (χ2n) is 5.57. The maximum absolute atomic E-state index is 12.3. The molecule has 0 unspecified atom stereocenters. The summed E-state index contributed by atoms with van der Waals surface area (Å²) in [6.45, 7) is 8.49. The smallest absolute Gasteiger partial charge is 0.241 e. The number of aryl methyl sites for hydroxylation is 2. The number of amides is 1. The summed E-state index contributed by atoms with van der Waals surface area (Å²) in [6, 6.07) is 6.12. The van der Waals surface area contributed by atoms with Crippen molar-refractivity contribution < 1.29 is 9.90 Å². The maximum atomic E-state index is 12.3. The van der Waals surface area contributed by atoms with Gasteiger partial charge in [-0.15, -0.1) is 0 Å². The predicted octanol–water partition coefficient (Wildman–Crippen LogP) is 0.852. The van der Waals surface area contributed by atoms with Gasteiger partial charge in [-0.2, -0.15) is 0 Å². The summed E-state index contributed by atoms with van der Waals surface area (Å²) in [4.78, 5) is 16.3. The Balaban J connectivity index is 1.83. The molecule has 2 N–H and O–H groups in total. The van der Waals surface area contributed by atoms with Crippen LogP contribution in [-0.4, -0.2) is 66.7 Å². The van der Waals surface area contributed by atoms with Gasteiger partial charge in [-0.25, -0.2) is 0 Å². The number of rotatable bonds is 5. The van der Waals surface area contributed by atoms with E-state index in [1.165, 1.54) is 0 Å². The lowest BCUT2D eigenvalue weighted by molar-refractivity contribution is -0.131. The molecule has 2 rings (SSSR count). The van der Waals surface area contributed by atoms with Crippen molar-refractivity contribution in [3.8, 4) is 0 Å². The molecule has 1 fully saturated rings. The highest BCUT2D eigenvalue weighted by Crippen LogP contribution is 2.19. The van der Waals surface area contributed by atoms with Crippen LogP contribution in [0.2, 0.25) is 0 Å². The highest BCUT2D eigenvalue weighted by atomic mass is 16.3. The zero-order valence-corrected chi connectivity index (χ0v) is 12.9. The standard InChI is InChI=1S/C16H25N3O2/c1-13-4-3-5-14(2)16(13)17-12-15(21)19-8-6-18(7-9-19)10-11-20/h3-5,17,20H,6-12H2,1-2H3. The molecule has 1 aliphatic rings. The van der Waals surface area contributed by atoms with Crippen LogP contribution in [0.3, 0.4) is 0 Å². The average Bonchev–Trinajstić information content (AvgIpc) is 2.47. The molecule has 0 aromatic heterocycles. The minimum Gasteiger partial charge on any atom is -0.395 e. The molecule has 116 valence electrons. The van der Waals surface area contributed by atoms with Crippen LogP contribution in [0, 0.1) is 13.8 Å². The van der Waals surface area contributed by atoms with E-state index in [9.17, 15) is 4.79 Å². The maximum Gasteiger partial charge on any atom is 0.241 e. The van der Waals surface area contributed by atoms with Crippen LogP contribution in [-0.2, 0) is 4.79 Å². The molecule has 1 heterocycles. The molecule has 21 heavy (non-hydrogen) atoms. The molecule has 0 atom stereocenters. The number of hydrogen-bond acceptors (Lipinski definition) is 4. The molecule has 5 nitrogen and oxygen atoms in total. The topological polar surface area (TPSA) is 55.8 Å². The van der Waals surface area contributed by atoms with E-state index in [4.69, 9.17) is 5.11 Å². The van der Waals surface area contributed by atoms with Gasteiger partial charge in [-0.1, -0.05) is 18.2 Å². The van der Waals surface area contributed by atoms with Gasteiger partial charge in [0.2, 0.25) is 5.91 Å².